The van der Waals surface area contributed by atoms with Crippen molar-refractivity contribution in [2.75, 3.05) is 32.7 Å². The highest BCUT2D eigenvalue weighted by Gasteiger charge is 2.27. The van der Waals surface area contributed by atoms with Crippen molar-refractivity contribution in [1.82, 2.24) is 15.1 Å². The van der Waals surface area contributed by atoms with Crippen LogP contribution in [0.3, 0.4) is 0 Å². The third kappa shape index (κ3) is 2.35. The molecule has 5 nitrogen and oxygen atoms in total. The SMILES string of the molecule is C[C@@H]1CNCCN1C(=O)CN1CCCC1=O. The van der Waals surface area contributed by atoms with Gasteiger partial charge in [-0.2, -0.15) is 0 Å². The number of piperazine rings is 1. The summed E-state index contributed by atoms with van der Waals surface area (Å²) in [7, 11) is 0. The maximum Gasteiger partial charge on any atom is 0.242 e. The number of nitrogens with zero attached hydrogens (tertiary/aromatic N) is 2. The van der Waals surface area contributed by atoms with Gasteiger partial charge in [0, 0.05) is 38.6 Å². The third-order valence-corrected chi connectivity index (χ3v) is 3.32. The Hall–Kier alpha value is -1.10. The number of nitrogens with one attached hydrogen (secondary N) is 1. The van der Waals surface area contributed by atoms with E-state index in [0.29, 0.717) is 6.42 Å². The summed E-state index contributed by atoms with van der Waals surface area (Å²) < 4.78 is 0. The molecule has 0 saturated carbocycles. The van der Waals surface area contributed by atoms with E-state index in [9.17, 15) is 9.59 Å². The van der Waals surface area contributed by atoms with Crippen molar-refractivity contribution in [3.63, 3.8) is 0 Å². The van der Waals surface area contributed by atoms with Crippen LogP contribution in [0.2, 0.25) is 0 Å². The fourth-order valence-corrected chi connectivity index (χ4v) is 2.34. The van der Waals surface area contributed by atoms with Gasteiger partial charge in [-0.3, -0.25) is 9.59 Å². The molecule has 16 heavy (non-hydrogen) atoms. The van der Waals surface area contributed by atoms with Crippen LogP contribution in [0.1, 0.15) is 19.8 Å². The lowest BCUT2D eigenvalue weighted by molar-refractivity contribution is -0.140. The molecule has 2 amide bonds. The van der Waals surface area contributed by atoms with Crippen LogP contribution in [0.25, 0.3) is 0 Å². The minimum atomic E-state index is 0.0873. The molecule has 5 heteroatoms. The number of carbonyl (C=O) groups excluding carboxylic acids is 2. The number of carbonyl (C=O) groups is 2. The van der Waals surface area contributed by atoms with Crippen LogP contribution < -0.4 is 5.32 Å². The van der Waals surface area contributed by atoms with E-state index < -0.39 is 0 Å². The van der Waals surface area contributed by atoms with Crippen molar-refractivity contribution in [2.45, 2.75) is 25.8 Å². The maximum atomic E-state index is 12.0. The molecule has 2 heterocycles. The first kappa shape index (κ1) is 11.4. The fraction of sp³-hybridized carbons (Fsp3) is 0.818. The molecule has 0 radical (unpaired) electrons. The second kappa shape index (κ2) is 4.82. The van der Waals surface area contributed by atoms with Gasteiger partial charge in [0.1, 0.15) is 0 Å². The molecule has 2 fully saturated rings. The number of likely N-dealkylation sites (tertiary alicyclic amines) is 1. The Labute approximate surface area is 95.8 Å². The van der Waals surface area contributed by atoms with E-state index in [1.54, 1.807) is 4.90 Å². The molecule has 1 atom stereocenters. The van der Waals surface area contributed by atoms with Gasteiger partial charge in [-0.25, -0.2) is 0 Å². The standard InChI is InChI=1S/C11H19N3O2/c1-9-7-12-4-6-14(9)11(16)8-13-5-2-3-10(13)15/h9,12H,2-8H2,1H3/t9-/m1/s1. The lowest BCUT2D eigenvalue weighted by atomic mass is 10.2. The Morgan fingerprint density at radius 2 is 2.31 bits per heavy atom. The minimum Gasteiger partial charge on any atom is -0.336 e. The zero-order chi connectivity index (χ0) is 11.5. The molecule has 2 saturated heterocycles. The van der Waals surface area contributed by atoms with Gasteiger partial charge in [0.05, 0.1) is 6.54 Å². The summed E-state index contributed by atoms with van der Waals surface area (Å²) in [6.07, 6.45) is 1.49. The van der Waals surface area contributed by atoms with Crippen molar-refractivity contribution < 1.29 is 9.59 Å². The average molecular weight is 225 g/mol. The summed E-state index contributed by atoms with van der Waals surface area (Å²) in [5.74, 6) is 0.209. The van der Waals surface area contributed by atoms with E-state index in [4.69, 9.17) is 0 Å². The molecule has 0 aromatic heterocycles. The number of rotatable bonds is 2. The van der Waals surface area contributed by atoms with Crippen molar-refractivity contribution >= 4 is 11.8 Å². The molecule has 2 rings (SSSR count). The monoisotopic (exact) mass is 225 g/mol. The summed E-state index contributed by atoms with van der Waals surface area (Å²) in [6.45, 7) is 5.50. The summed E-state index contributed by atoms with van der Waals surface area (Å²) in [4.78, 5) is 27.0. The first-order chi connectivity index (χ1) is 7.68. The van der Waals surface area contributed by atoms with Crippen LogP contribution in [0, 0.1) is 0 Å². The number of hydrogen-bond donors (Lipinski definition) is 1. The smallest absolute Gasteiger partial charge is 0.242 e. The van der Waals surface area contributed by atoms with Crippen LogP contribution in [-0.4, -0.2) is 60.4 Å². The van der Waals surface area contributed by atoms with Gasteiger partial charge >= 0.3 is 0 Å². The molecule has 2 aliphatic rings. The lowest BCUT2D eigenvalue weighted by Gasteiger charge is -2.35. The van der Waals surface area contributed by atoms with E-state index in [0.717, 1.165) is 32.6 Å². The Balaban J connectivity index is 1.89. The first-order valence-electron chi connectivity index (χ1n) is 5.96. The van der Waals surface area contributed by atoms with E-state index >= 15 is 0 Å². The average Bonchev–Trinajstić information content (AvgIpc) is 2.65. The highest BCUT2D eigenvalue weighted by Crippen LogP contribution is 2.11. The normalized spacial score (nSPS) is 26.3. The topological polar surface area (TPSA) is 52.7 Å². The Morgan fingerprint density at radius 3 is 2.94 bits per heavy atom. The van der Waals surface area contributed by atoms with Crippen LogP contribution in [0.4, 0.5) is 0 Å². The summed E-state index contributed by atoms with van der Waals surface area (Å²) in [6, 6.07) is 0.235. The molecule has 90 valence electrons. The molecule has 2 aliphatic heterocycles. The Morgan fingerprint density at radius 1 is 1.50 bits per heavy atom. The van der Waals surface area contributed by atoms with Gasteiger partial charge in [0.25, 0.3) is 0 Å². The Kier molecular flexibility index (Phi) is 3.43. The molecule has 0 unspecified atom stereocenters. The van der Waals surface area contributed by atoms with Gasteiger partial charge < -0.3 is 15.1 Å². The van der Waals surface area contributed by atoms with Crippen molar-refractivity contribution in [2.24, 2.45) is 0 Å². The van der Waals surface area contributed by atoms with E-state index in [1.807, 2.05) is 11.8 Å². The largest absolute Gasteiger partial charge is 0.336 e. The van der Waals surface area contributed by atoms with Crippen molar-refractivity contribution in [3.8, 4) is 0 Å². The molecule has 1 N–H and O–H groups in total. The molecule has 0 aliphatic carbocycles. The molecule has 0 bridgehead atoms. The van der Waals surface area contributed by atoms with Crippen LogP contribution in [-0.2, 0) is 9.59 Å². The second-order valence-corrected chi connectivity index (χ2v) is 4.56. The first-order valence-corrected chi connectivity index (χ1v) is 5.96. The molecular formula is C11H19N3O2. The molecule has 0 spiro atoms. The highest BCUT2D eigenvalue weighted by molar-refractivity contribution is 5.86. The highest BCUT2D eigenvalue weighted by atomic mass is 16.2. The zero-order valence-corrected chi connectivity index (χ0v) is 9.74. The van der Waals surface area contributed by atoms with Crippen LogP contribution in [0.5, 0.6) is 0 Å². The molecule has 0 aromatic carbocycles. The van der Waals surface area contributed by atoms with Crippen molar-refractivity contribution in [1.29, 1.82) is 0 Å². The van der Waals surface area contributed by atoms with Crippen LogP contribution in [0.15, 0.2) is 0 Å². The summed E-state index contributed by atoms with van der Waals surface area (Å²) >= 11 is 0. The second-order valence-electron chi connectivity index (χ2n) is 4.56. The number of amides is 2. The van der Waals surface area contributed by atoms with Gasteiger partial charge in [-0.15, -0.1) is 0 Å². The summed E-state index contributed by atoms with van der Waals surface area (Å²) in [5, 5.41) is 3.25. The maximum absolute atomic E-state index is 12.0. The van der Waals surface area contributed by atoms with E-state index in [-0.39, 0.29) is 24.4 Å². The number of hydrogen-bond acceptors (Lipinski definition) is 3. The van der Waals surface area contributed by atoms with Crippen molar-refractivity contribution in [3.05, 3.63) is 0 Å². The predicted octanol–water partition coefficient (Wildman–Crippen LogP) is -0.571. The third-order valence-electron chi connectivity index (χ3n) is 3.32. The lowest BCUT2D eigenvalue weighted by Crippen LogP contribution is -2.54. The molecule has 0 aromatic rings. The van der Waals surface area contributed by atoms with E-state index in [2.05, 4.69) is 5.32 Å². The van der Waals surface area contributed by atoms with Gasteiger partial charge in [-0.1, -0.05) is 0 Å². The minimum absolute atomic E-state index is 0.0873. The fourth-order valence-electron chi connectivity index (χ4n) is 2.34. The van der Waals surface area contributed by atoms with E-state index in [1.165, 1.54) is 0 Å². The quantitative estimate of drug-likeness (QED) is 0.684. The Bertz CT molecular complexity index is 293. The van der Waals surface area contributed by atoms with Gasteiger partial charge in [0.15, 0.2) is 0 Å². The van der Waals surface area contributed by atoms with Gasteiger partial charge in [0.2, 0.25) is 11.8 Å². The van der Waals surface area contributed by atoms with Crippen LogP contribution >= 0.6 is 0 Å². The van der Waals surface area contributed by atoms with Gasteiger partial charge in [-0.05, 0) is 13.3 Å². The predicted molar refractivity (Wildman–Crippen MR) is 59.9 cm³/mol. The zero-order valence-electron chi connectivity index (χ0n) is 9.74. The summed E-state index contributed by atoms with van der Waals surface area (Å²) in [5.41, 5.74) is 0. The molecular weight excluding hydrogens is 206 g/mol.